The fraction of sp³-hybridized carbons (Fsp3) is 0.692. The van der Waals surface area contributed by atoms with Crippen molar-refractivity contribution in [2.75, 3.05) is 0 Å². The highest BCUT2D eigenvalue weighted by Crippen LogP contribution is 2.41. The first-order valence-electron chi connectivity index (χ1n) is 12.1. The zero-order valence-electron chi connectivity index (χ0n) is 18.7. The van der Waals surface area contributed by atoms with Gasteiger partial charge in [0.05, 0.1) is 0 Å². The molecule has 1 nitrogen and oxygen atoms in total. The van der Waals surface area contributed by atoms with Crippen molar-refractivity contribution < 1.29 is 26.7 Å². The second-order valence-corrected chi connectivity index (χ2v) is 9.76. The summed E-state index contributed by atoms with van der Waals surface area (Å²) in [6.07, 6.45) is 12.1. The van der Waals surface area contributed by atoms with Crippen LogP contribution < -0.4 is 4.74 Å². The number of alkyl halides is 3. The monoisotopic (exact) mass is 458 g/mol. The predicted octanol–water partition coefficient (Wildman–Crippen LogP) is 9.08. The molecular formula is C26H35F5O. The van der Waals surface area contributed by atoms with Crippen LogP contribution >= 0.6 is 0 Å². The van der Waals surface area contributed by atoms with Crippen molar-refractivity contribution in [3.8, 4) is 5.75 Å². The molecule has 3 rings (SSSR count). The van der Waals surface area contributed by atoms with Crippen LogP contribution in [0, 0.1) is 29.4 Å². The maximum absolute atomic E-state index is 14.0. The van der Waals surface area contributed by atoms with E-state index < -0.39 is 23.7 Å². The number of unbranched alkanes of at least 4 members (excludes halogenated alkanes) is 1. The molecule has 0 aliphatic heterocycles. The SMILES string of the molecule is C=CCCC[C@H]1CC[C@H](CC[C@H]2CC[C@H](c3cc(F)c(OC(F)(F)F)c(F)c3)CC2)CC1. The van der Waals surface area contributed by atoms with Gasteiger partial charge in [0.2, 0.25) is 5.75 Å². The largest absolute Gasteiger partial charge is 0.573 e. The number of halogens is 5. The second kappa shape index (κ2) is 11.5. The quantitative estimate of drug-likeness (QED) is 0.204. The molecule has 0 amide bonds. The van der Waals surface area contributed by atoms with Gasteiger partial charge >= 0.3 is 6.36 Å². The van der Waals surface area contributed by atoms with Gasteiger partial charge in [-0.1, -0.05) is 51.0 Å². The van der Waals surface area contributed by atoms with Crippen LogP contribution in [0.4, 0.5) is 22.0 Å². The van der Waals surface area contributed by atoms with Gasteiger partial charge in [0, 0.05) is 0 Å². The van der Waals surface area contributed by atoms with Crippen molar-refractivity contribution in [3.63, 3.8) is 0 Å². The fourth-order valence-corrected chi connectivity index (χ4v) is 5.64. The normalized spacial score (nSPS) is 26.7. The molecule has 6 heteroatoms. The molecule has 0 bridgehead atoms. The molecule has 0 N–H and O–H groups in total. The number of rotatable bonds is 9. The van der Waals surface area contributed by atoms with Crippen molar-refractivity contribution in [1.82, 2.24) is 0 Å². The molecule has 0 unspecified atom stereocenters. The van der Waals surface area contributed by atoms with Crippen molar-refractivity contribution >= 4 is 0 Å². The van der Waals surface area contributed by atoms with Crippen LogP contribution in [0.1, 0.15) is 95.0 Å². The highest BCUT2D eigenvalue weighted by Gasteiger charge is 2.35. The number of allylic oxidation sites excluding steroid dienone is 1. The average Bonchev–Trinajstić information content (AvgIpc) is 2.75. The van der Waals surface area contributed by atoms with E-state index in [0.717, 1.165) is 56.1 Å². The van der Waals surface area contributed by atoms with E-state index in [9.17, 15) is 22.0 Å². The number of benzene rings is 1. The van der Waals surface area contributed by atoms with Gasteiger partial charge in [-0.05, 0) is 79.9 Å². The van der Waals surface area contributed by atoms with Gasteiger partial charge < -0.3 is 4.74 Å². The van der Waals surface area contributed by atoms with E-state index in [1.807, 2.05) is 6.08 Å². The summed E-state index contributed by atoms with van der Waals surface area (Å²) >= 11 is 0. The van der Waals surface area contributed by atoms with Crippen LogP contribution in [-0.4, -0.2) is 6.36 Å². The fourth-order valence-electron chi connectivity index (χ4n) is 5.64. The van der Waals surface area contributed by atoms with Crippen LogP contribution in [0.15, 0.2) is 24.8 Å². The van der Waals surface area contributed by atoms with Crippen molar-refractivity contribution in [3.05, 3.63) is 42.0 Å². The first-order chi connectivity index (χ1) is 15.2. The van der Waals surface area contributed by atoms with Crippen LogP contribution in [0.5, 0.6) is 5.75 Å². The molecule has 32 heavy (non-hydrogen) atoms. The smallest absolute Gasteiger partial charge is 0.399 e. The van der Waals surface area contributed by atoms with E-state index in [1.54, 1.807) is 0 Å². The lowest BCUT2D eigenvalue weighted by Crippen LogP contribution is -2.20. The summed E-state index contributed by atoms with van der Waals surface area (Å²) in [6.45, 7) is 3.79. The number of ether oxygens (including phenoxy) is 1. The van der Waals surface area contributed by atoms with E-state index in [-0.39, 0.29) is 5.92 Å². The maximum Gasteiger partial charge on any atom is 0.573 e. The van der Waals surface area contributed by atoms with Gasteiger partial charge in [0.25, 0.3) is 0 Å². The molecule has 180 valence electrons. The molecule has 0 spiro atoms. The molecule has 0 radical (unpaired) electrons. The molecule has 1 aromatic rings. The Labute approximate surface area is 188 Å². The Morgan fingerprint density at radius 3 is 1.75 bits per heavy atom. The Morgan fingerprint density at radius 1 is 0.812 bits per heavy atom. The van der Waals surface area contributed by atoms with Gasteiger partial charge in [-0.15, -0.1) is 19.8 Å². The molecule has 2 aliphatic carbocycles. The van der Waals surface area contributed by atoms with Crippen molar-refractivity contribution in [2.24, 2.45) is 17.8 Å². The molecule has 0 atom stereocenters. The lowest BCUT2D eigenvalue weighted by molar-refractivity contribution is -0.276. The lowest BCUT2D eigenvalue weighted by Gasteiger charge is -2.32. The Kier molecular flexibility index (Phi) is 9.01. The first-order valence-corrected chi connectivity index (χ1v) is 12.1. The van der Waals surface area contributed by atoms with Gasteiger partial charge in [-0.2, -0.15) is 0 Å². The second-order valence-electron chi connectivity index (χ2n) is 9.76. The van der Waals surface area contributed by atoms with Crippen LogP contribution in [-0.2, 0) is 0 Å². The van der Waals surface area contributed by atoms with E-state index in [1.165, 1.54) is 51.4 Å². The third kappa shape index (κ3) is 7.48. The molecule has 0 saturated heterocycles. The minimum Gasteiger partial charge on any atom is -0.399 e. The summed E-state index contributed by atoms with van der Waals surface area (Å²) in [4.78, 5) is 0. The summed E-state index contributed by atoms with van der Waals surface area (Å²) in [5.74, 6) is -1.62. The summed E-state index contributed by atoms with van der Waals surface area (Å²) in [7, 11) is 0. The van der Waals surface area contributed by atoms with Crippen LogP contribution in [0.2, 0.25) is 0 Å². The Balaban J connectivity index is 1.41. The number of hydrogen-bond donors (Lipinski definition) is 0. The topological polar surface area (TPSA) is 9.23 Å². The van der Waals surface area contributed by atoms with E-state index in [2.05, 4.69) is 11.3 Å². The lowest BCUT2D eigenvalue weighted by atomic mass is 9.74. The predicted molar refractivity (Wildman–Crippen MR) is 116 cm³/mol. The van der Waals surface area contributed by atoms with Crippen LogP contribution in [0.3, 0.4) is 0 Å². The highest BCUT2D eigenvalue weighted by atomic mass is 19.4. The molecule has 2 aliphatic rings. The molecule has 2 fully saturated rings. The molecule has 2 saturated carbocycles. The van der Waals surface area contributed by atoms with E-state index >= 15 is 0 Å². The number of hydrogen-bond acceptors (Lipinski definition) is 1. The van der Waals surface area contributed by atoms with Crippen LogP contribution in [0.25, 0.3) is 0 Å². The summed E-state index contributed by atoms with van der Waals surface area (Å²) in [5, 5.41) is 0. The van der Waals surface area contributed by atoms with E-state index in [4.69, 9.17) is 0 Å². The van der Waals surface area contributed by atoms with Gasteiger partial charge in [-0.3, -0.25) is 0 Å². The summed E-state index contributed by atoms with van der Waals surface area (Å²) in [5.41, 5.74) is 0.433. The average molecular weight is 459 g/mol. The zero-order valence-corrected chi connectivity index (χ0v) is 18.7. The van der Waals surface area contributed by atoms with Gasteiger partial charge in [0.15, 0.2) is 11.6 Å². The first kappa shape index (κ1) is 25.0. The molecule has 0 aromatic heterocycles. The molecular weight excluding hydrogens is 423 g/mol. The standard InChI is InChI=1S/C26H35F5O/c1-2-3-4-5-18-6-8-19(9-7-18)10-11-20-12-14-21(15-13-20)22-16-23(27)25(24(28)17-22)32-26(29,30)31/h2,16-21H,1,3-15H2/t18-,19-,20-,21-. The Morgan fingerprint density at radius 2 is 1.28 bits per heavy atom. The third-order valence-electron chi connectivity index (χ3n) is 7.53. The minimum atomic E-state index is -5.12. The van der Waals surface area contributed by atoms with Gasteiger partial charge in [0.1, 0.15) is 0 Å². The maximum atomic E-state index is 14.0. The molecule has 0 heterocycles. The molecule has 1 aromatic carbocycles. The Hall–Kier alpha value is -1.59. The van der Waals surface area contributed by atoms with Crippen molar-refractivity contribution in [1.29, 1.82) is 0 Å². The summed E-state index contributed by atoms with van der Waals surface area (Å²) < 4.78 is 68.6. The summed E-state index contributed by atoms with van der Waals surface area (Å²) in [6, 6.07) is 2.01. The third-order valence-corrected chi connectivity index (χ3v) is 7.53. The minimum absolute atomic E-state index is 0.0128. The zero-order chi connectivity index (χ0) is 23.1. The van der Waals surface area contributed by atoms with Gasteiger partial charge in [-0.25, -0.2) is 8.78 Å². The van der Waals surface area contributed by atoms with Crippen molar-refractivity contribution in [2.45, 2.75) is 95.8 Å². The van der Waals surface area contributed by atoms with E-state index in [0.29, 0.717) is 11.5 Å². The highest BCUT2D eigenvalue weighted by molar-refractivity contribution is 5.33. The Bertz CT molecular complexity index is 705.